The van der Waals surface area contributed by atoms with E-state index in [0.717, 1.165) is 0 Å². The van der Waals surface area contributed by atoms with E-state index in [2.05, 4.69) is 10.6 Å². The van der Waals surface area contributed by atoms with Crippen LogP contribution in [0.5, 0.6) is 0 Å². The van der Waals surface area contributed by atoms with Gasteiger partial charge in [0.25, 0.3) is 0 Å². The number of ether oxygens (including phenoxy) is 2. The van der Waals surface area contributed by atoms with E-state index < -0.39 is 0 Å². The van der Waals surface area contributed by atoms with Crippen molar-refractivity contribution in [2.75, 3.05) is 33.5 Å². The summed E-state index contributed by atoms with van der Waals surface area (Å²) in [6.45, 7) is 8.16. The van der Waals surface area contributed by atoms with Crippen LogP contribution in [0.25, 0.3) is 0 Å². The second kappa shape index (κ2) is 9.57. The molecule has 1 atom stereocenters. The number of methoxy groups -OCH3 is 1. The van der Waals surface area contributed by atoms with Gasteiger partial charge in [0.15, 0.2) is 0 Å². The first-order valence-corrected chi connectivity index (χ1v) is 5.68. The maximum Gasteiger partial charge on any atom is 0.237 e. The van der Waals surface area contributed by atoms with Gasteiger partial charge in [-0.2, -0.15) is 0 Å². The Balaban J connectivity index is 3.42. The molecule has 0 aromatic rings. The molecule has 0 heterocycles. The third-order valence-electron chi connectivity index (χ3n) is 1.95. The zero-order valence-electron chi connectivity index (χ0n) is 10.7. The van der Waals surface area contributed by atoms with Crippen LogP contribution in [-0.4, -0.2) is 51.5 Å². The van der Waals surface area contributed by atoms with Crippen molar-refractivity contribution >= 4 is 5.91 Å². The van der Waals surface area contributed by atoms with Crippen molar-refractivity contribution in [1.29, 1.82) is 0 Å². The van der Waals surface area contributed by atoms with Crippen molar-refractivity contribution in [2.24, 2.45) is 0 Å². The Bertz CT molecular complexity index is 186. The maximum absolute atomic E-state index is 11.5. The van der Waals surface area contributed by atoms with Crippen molar-refractivity contribution in [3.8, 4) is 0 Å². The van der Waals surface area contributed by atoms with Crippen LogP contribution >= 0.6 is 0 Å². The van der Waals surface area contributed by atoms with E-state index in [-0.39, 0.29) is 18.0 Å². The molecule has 16 heavy (non-hydrogen) atoms. The summed E-state index contributed by atoms with van der Waals surface area (Å²) in [5.41, 5.74) is 0. The number of hydrogen-bond donors (Lipinski definition) is 2. The van der Waals surface area contributed by atoms with Gasteiger partial charge in [0.05, 0.1) is 25.9 Å². The second-order valence-electron chi connectivity index (χ2n) is 3.94. The molecule has 96 valence electrons. The monoisotopic (exact) mass is 232 g/mol. The fourth-order valence-electron chi connectivity index (χ4n) is 1.09. The molecule has 0 fully saturated rings. The number of amides is 1. The molecular weight excluding hydrogens is 208 g/mol. The maximum atomic E-state index is 11.5. The lowest BCUT2D eigenvalue weighted by molar-refractivity contribution is -0.123. The van der Waals surface area contributed by atoms with Gasteiger partial charge in [-0.25, -0.2) is 0 Å². The fourth-order valence-corrected chi connectivity index (χ4v) is 1.09. The number of nitrogens with one attached hydrogen (secondary N) is 2. The van der Waals surface area contributed by atoms with Crippen LogP contribution in [0, 0.1) is 0 Å². The van der Waals surface area contributed by atoms with Crippen LogP contribution in [0.3, 0.4) is 0 Å². The highest BCUT2D eigenvalue weighted by atomic mass is 16.5. The molecule has 0 saturated heterocycles. The van der Waals surface area contributed by atoms with E-state index in [1.807, 2.05) is 20.8 Å². The van der Waals surface area contributed by atoms with Crippen molar-refractivity contribution < 1.29 is 14.3 Å². The lowest BCUT2D eigenvalue weighted by Gasteiger charge is -2.15. The normalized spacial score (nSPS) is 12.8. The summed E-state index contributed by atoms with van der Waals surface area (Å²) in [4.78, 5) is 11.5. The minimum Gasteiger partial charge on any atom is -0.382 e. The predicted octanol–water partition coefficient (Wildman–Crippen LogP) is 0.152. The molecule has 0 rings (SSSR count). The molecule has 0 aliphatic carbocycles. The molecule has 0 spiro atoms. The second-order valence-corrected chi connectivity index (χ2v) is 3.94. The van der Waals surface area contributed by atoms with Gasteiger partial charge in [-0.15, -0.1) is 0 Å². The molecule has 0 aliphatic heterocycles. The van der Waals surface area contributed by atoms with Gasteiger partial charge in [-0.05, 0) is 20.8 Å². The molecule has 5 heteroatoms. The van der Waals surface area contributed by atoms with Gasteiger partial charge in [-0.1, -0.05) is 0 Å². The van der Waals surface area contributed by atoms with E-state index in [0.29, 0.717) is 26.4 Å². The summed E-state index contributed by atoms with van der Waals surface area (Å²) in [6, 6.07) is -0.0110. The first kappa shape index (κ1) is 15.3. The summed E-state index contributed by atoms with van der Waals surface area (Å²) in [5, 5.41) is 5.93. The lowest BCUT2D eigenvalue weighted by atomic mass is 10.3. The Morgan fingerprint density at radius 2 is 1.88 bits per heavy atom. The van der Waals surface area contributed by atoms with Gasteiger partial charge in [0.2, 0.25) is 5.91 Å². The third-order valence-corrected chi connectivity index (χ3v) is 1.95. The lowest BCUT2D eigenvalue weighted by Crippen LogP contribution is -2.45. The van der Waals surface area contributed by atoms with Crippen LogP contribution in [0.15, 0.2) is 0 Å². The molecule has 0 saturated carbocycles. The smallest absolute Gasteiger partial charge is 0.237 e. The quantitative estimate of drug-likeness (QED) is 0.556. The minimum atomic E-state index is -0.187. The minimum absolute atomic E-state index is 0.0203. The van der Waals surface area contributed by atoms with E-state index in [1.165, 1.54) is 0 Å². The van der Waals surface area contributed by atoms with Crippen LogP contribution in [0.4, 0.5) is 0 Å². The zero-order valence-corrected chi connectivity index (χ0v) is 10.7. The topological polar surface area (TPSA) is 59.6 Å². The summed E-state index contributed by atoms with van der Waals surface area (Å²) in [7, 11) is 1.64. The van der Waals surface area contributed by atoms with Crippen LogP contribution < -0.4 is 10.6 Å². The summed E-state index contributed by atoms with van der Waals surface area (Å²) < 4.78 is 10.1. The molecule has 1 unspecified atom stereocenters. The van der Waals surface area contributed by atoms with Crippen LogP contribution in [0.2, 0.25) is 0 Å². The number of rotatable bonds is 9. The van der Waals surface area contributed by atoms with Gasteiger partial charge < -0.3 is 20.1 Å². The van der Waals surface area contributed by atoms with Gasteiger partial charge in [0, 0.05) is 19.7 Å². The molecule has 2 N–H and O–H groups in total. The average molecular weight is 232 g/mol. The van der Waals surface area contributed by atoms with Gasteiger partial charge in [-0.3, -0.25) is 4.79 Å². The molecule has 0 radical (unpaired) electrons. The first-order chi connectivity index (χ1) is 7.57. The molecule has 0 aromatic heterocycles. The van der Waals surface area contributed by atoms with Crippen LogP contribution in [-0.2, 0) is 14.3 Å². The number of carbonyl (C=O) groups is 1. The highest BCUT2D eigenvalue weighted by Crippen LogP contribution is 1.85. The average Bonchev–Trinajstić information content (AvgIpc) is 2.21. The largest absolute Gasteiger partial charge is 0.382 e. The first-order valence-electron chi connectivity index (χ1n) is 5.68. The molecule has 1 amide bonds. The Morgan fingerprint density at radius 1 is 1.19 bits per heavy atom. The van der Waals surface area contributed by atoms with Gasteiger partial charge >= 0.3 is 0 Å². The molecular formula is C11H24N2O3. The highest BCUT2D eigenvalue weighted by Gasteiger charge is 2.11. The third kappa shape index (κ3) is 8.64. The summed E-state index contributed by atoms with van der Waals surface area (Å²) in [6.07, 6.45) is 0. The standard InChI is InChI=1S/C11H24N2O3/c1-9(2)13-11(14)10(3)12-5-6-16-8-7-15-4/h9-10,12H,5-8H2,1-4H3,(H,13,14). The van der Waals surface area contributed by atoms with E-state index in [4.69, 9.17) is 9.47 Å². The zero-order chi connectivity index (χ0) is 12.4. The summed E-state index contributed by atoms with van der Waals surface area (Å²) in [5.74, 6) is 0.0203. The van der Waals surface area contributed by atoms with Gasteiger partial charge in [0.1, 0.15) is 0 Å². The fraction of sp³-hybridized carbons (Fsp3) is 0.909. The van der Waals surface area contributed by atoms with Crippen molar-refractivity contribution in [2.45, 2.75) is 32.9 Å². The summed E-state index contributed by atoms with van der Waals surface area (Å²) >= 11 is 0. The molecule has 0 aromatic carbocycles. The predicted molar refractivity (Wildman–Crippen MR) is 63.4 cm³/mol. The molecule has 0 bridgehead atoms. The van der Waals surface area contributed by atoms with Crippen molar-refractivity contribution in [3.63, 3.8) is 0 Å². The highest BCUT2D eigenvalue weighted by molar-refractivity contribution is 5.81. The van der Waals surface area contributed by atoms with Crippen LogP contribution in [0.1, 0.15) is 20.8 Å². The molecule has 0 aliphatic rings. The van der Waals surface area contributed by atoms with E-state index in [9.17, 15) is 4.79 Å². The Morgan fingerprint density at radius 3 is 2.44 bits per heavy atom. The Labute approximate surface area is 97.9 Å². The molecule has 5 nitrogen and oxygen atoms in total. The SMILES string of the molecule is COCCOCCNC(C)C(=O)NC(C)C. The van der Waals surface area contributed by atoms with E-state index >= 15 is 0 Å². The van der Waals surface area contributed by atoms with E-state index in [1.54, 1.807) is 7.11 Å². The number of carbonyl (C=O) groups excluding carboxylic acids is 1. The Hall–Kier alpha value is -0.650. The van der Waals surface area contributed by atoms with Crippen molar-refractivity contribution in [1.82, 2.24) is 10.6 Å². The Kier molecular flexibility index (Phi) is 9.18. The van der Waals surface area contributed by atoms with Crippen molar-refractivity contribution in [3.05, 3.63) is 0 Å². The number of hydrogen-bond acceptors (Lipinski definition) is 4.